The lowest BCUT2D eigenvalue weighted by Crippen LogP contribution is -2.53. The summed E-state index contributed by atoms with van der Waals surface area (Å²) in [6.07, 6.45) is 5.40. The summed E-state index contributed by atoms with van der Waals surface area (Å²) < 4.78 is 1.31. The molecule has 0 radical (unpaired) electrons. The number of aryl methyl sites for hydroxylation is 1. The van der Waals surface area contributed by atoms with Gasteiger partial charge >= 0.3 is 5.97 Å². The van der Waals surface area contributed by atoms with Crippen LogP contribution in [0.4, 0.5) is 0 Å². The molecule has 130 valence electrons. The average molecular weight is 334 g/mol. The van der Waals surface area contributed by atoms with Gasteiger partial charge in [0.15, 0.2) is 0 Å². The number of aromatic nitrogens is 2. The van der Waals surface area contributed by atoms with Gasteiger partial charge in [-0.3, -0.25) is 14.3 Å². The lowest BCUT2D eigenvalue weighted by molar-refractivity contribution is -0.136. The van der Waals surface area contributed by atoms with Gasteiger partial charge in [-0.15, -0.1) is 0 Å². The van der Waals surface area contributed by atoms with E-state index in [1.807, 2.05) is 4.90 Å². The quantitative estimate of drug-likeness (QED) is 0.879. The predicted octanol–water partition coefficient (Wildman–Crippen LogP) is 0.735. The van der Waals surface area contributed by atoms with E-state index in [0.29, 0.717) is 19.5 Å². The fourth-order valence-electron chi connectivity index (χ4n) is 3.60. The monoisotopic (exact) mass is 334 g/mol. The number of hydrogen-bond donors (Lipinski definition) is 1. The third kappa shape index (κ3) is 3.00. The molecule has 8 nitrogen and oxygen atoms in total. The molecule has 0 aromatic carbocycles. The Hall–Kier alpha value is -2.38. The standard InChI is InChI=1S/C16H22N4O4/c1-18-14(12(9-17-18)16(23)24)15(22)19-7-4-5-11(10-19)20-8-3-2-6-13(20)21/h9,11H,2-8,10H2,1H3,(H,23,24). The lowest BCUT2D eigenvalue weighted by Gasteiger charge is -2.41. The molecule has 0 aliphatic carbocycles. The highest BCUT2D eigenvalue weighted by Gasteiger charge is 2.34. The first-order valence-electron chi connectivity index (χ1n) is 8.33. The van der Waals surface area contributed by atoms with E-state index >= 15 is 0 Å². The van der Waals surface area contributed by atoms with E-state index in [-0.39, 0.29) is 29.1 Å². The largest absolute Gasteiger partial charge is 0.478 e. The molecule has 0 bridgehead atoms. The highest BCUT2D eigenvalue weighted by Crippen LogP contribution is 2.23. The fourth-order valence-corrected chi connectivity index (χ4v) is 3.60. The molecule has 1 aromatic heterocycles. The number of carboxylic acid groups (broad SMARTS) is 1. The van der Waals surface area contributed by atoms with Crippen molar-refractivity contribution in [2.45, 2.75) is 38.1 Å². The van der Waals surface area contributed by atoms with Crippen molar-refractivity contribution in [3.8, 4) is 0 Å². The summed E-state index contributed by atoms with van der Waals surface area (Å²) in [5, 5.41) is 13.1. The van der Waals surface area contributed by atoms with Crippen LogP contribution in [0.15, 0.2) is 6.20 Å². The molecular formula is C16H22N4O4. The minimum atomic E-state index is -1.16. The molecular weight excluding hydrogens is 312 g/mol. The van der Waals surface area contributed by atoms with Gasteiger partial charge in [0.25, 0.3) is 5.91 Å². The van der Waals surface area contributed by atoms with Crippen LogP contribution in [0.25, 0.3) is 0 Å². The first-order chi connectivity index (χ1) is 11.5. The SMILES string of the molecule is Cn1ncc(C(=O)O)c1C(=O)N1CCCC(N2CCCCC2=O)C1. The number of carbonyl (C=O) groups excluding carboxylic acids is 2. The number of aromatic carboxylic acids is 1. The van der Waals surface area contributed by atoms with Crippen LogP contribution in [-0.2, 0) is 11.8 Å². The second-order valence-corrected chi connectivity index (χ2v) is 6.43. The van der Waals surface area contributed by atoms with E-state index in [1.165, 1.54) is 10.9 Å². The third-order valence-electron chi connectivity index (χ3n) is 4.86. The van der Waals surface area contributed by atoms with E-state index in [4.69, 9.17) is 0 Å². The van der Waals surface area contributed by atoms with Gasteiger partial charge in [-0.05, 0) is 25.7 Å². The molecule has 0 spiro atoms. The molecule has 1 N–H and O–H groups in total. The first kappa shape index (κ1) is 16.5. The summed E-state index contributed by atoms with van der Waals surface area (Å²) in [5.74, 6) is -1.33. The summed E-state index contributed by atoms with van der Waals surface area (Å²) in [6.45, 7) is 1.77. The summed E-state index contributed by atoms with van der Waals surface area (Å²) >= 11 is 0. The Balaban J connectivity index is 1.77. The van der Waals surface area contributed by atoms with Crippen LogP contribution < -0.4 is 0 Å². The van der Waals surface area contributed by atoms with Crippen LogP contribution >= 0.6 is 0 Å². The second kappa shape index (κ2) is 6.62. The highest BCUT2D eigenvalue weighted by atomic mass is 16.4. The molecule has 2 amide bonds. The van der Waals surface area contributed by atoms with Crippen LogP contribution in [0.2, 0.25) is 0 Å². The predicted molar refractivity (Wildman–Crippen MR) is 84.7 cm³/mol. The second-order valence-electron chi connectivity index (χ2n) is 6.43. The molecule has 1 unspecified atom stereocenters. The maximum atomic E-state index is 12.8. The molecule has 2 aliphatic heterocycles. The van der Waals surface area contributed by atoms with Crippen molar-refractivity contribution < 1.29 is 19.5 Å². The molecule has 3 heterocycles. The Kier molecular flexibility index (Phi) is 4.55. The number of hydrogen-bond acceptors (Lipinski definition) is 4. The van der Waals surface area contributed by atoms with Gasteiger partial charge in [0.1, 0.15) is 11.3 Å². The molecule has 24 heavy (non-hydrogen) atoms. The molecule has 0 saturated carbocycles. The molecule has 2 fully saturated rings. The van der Waals surface area contributed by atoms with Crippen LogP contribution in [0.3, 0.4) is 0 Å². The number of rotatable bonds is 3. The van der Waals surface area contributed by atoms with Crippen molar-refractivity contribution in [3.05, 3.63) is 17.5 Å². The summed E-state index contributed by atoms with van der Waals surface area (Å²) in [7, 11) is 1.56. The number of amides is 2. The summed E-state index contributed by atoms with van der Waals surface area (Å²) in [4.78, 5) is 39.8. The maximum Gasteiger partial charge on any atom is 0.339 e. The molecule has 1 aromatic rings. The Morgan fingerprint density at radius 2 is 2.04 bits per heavy atom. The number of likely N-dealkylation sites (tertiary alicyclic amines) is 2. The van der Waals surface area contributed by atoms with Gasteiger partial charge in [-0.1, -0.05) is 0 Å². The van der Waals surface area contributed by atoms with E-state index in [2.05, 4.69) is 5.10 Å². The number of piperidine rings is 2. The zero-order chi connectivity index (χ0) is 17.3. The normalized spacial score (nSPS) is 21.9. The van der Waals surface area contributed by atoms with Crippen molar-refractivity contribution >= 4 is 17.8 Å². The Morgan fingerprint density at radius 3 is 2.75 bits per heavy atom. The third-order valence-corrected chi connectivity index (χ3v) is 4.86. The van der Waals surface area contributed by atoms with Gasteiger partial charge < -0.3 is 14.9 Å². The maximum absolute atomic E-state index is 12.8. The van der Waals surface area contributed by atoms with Crippen LogP contribution in [0.1, 0.15) is 53.0 Å². The minimum absolute atomic E-state index is 0.0250. The number of carboxylic acids is 1. The average Bonchev–Trinajstić information content (AvgIpc) is 2.96. The van der Waals surface area contributed by atoms with Gasteiger partial charge in [0.2, 0.25) is 5.91 Å². The van der Waals surface area contributed by atoms with Crippen LogP contribution in [-0.4, -0.2) is 68.1 Å². The Labute approximate surface area is 140 Å². The zero-order valence-electron chi connectivity index (χ0n) is 13.8. The molecule has 2 aliphatic rings. The molecule has 1 atom stereocenters. The first-order valence-corrected chi connectivity index (χ1v) is 8.33. The highest BCUT2D eigenvalue weighted by molar-refractivity contribution is 6.03. The van der Waals surface area contributed by atoms with Crippen molar-refractivity contribution in [2.75, 3.05) is 19.6 Å². The Morgan fingerprint density at radius 1 is 1.25 bits per heavy atom. The summed E-state index contributed by atoms with van der Waals surface area (Å²) in [6, 6.07) is 0.0250. The number of nitrogens with zero attached hydrogens (tertiary/aromatic N) is 4. The fraction of sp³-hybridized carbons (Fsp3) is 0.625. The van der Waals surface area contributed by atoms with Gasteiger partial charge in [0, 0.05) is 39.1 Å². The zero-order valence-corrected chi connectivity index (χ0v) is 13.8. The van der Waals surface area contributed by atoms with Crippen molar-refractivity contribution in [3.63, 3.8) is 0 Å². The smallest absolute Gasteiger partial charge is 0.339 e. The topological polar surface area (TPSA) is 95.7 Å². The van der Waals surface area contributed by atoms with E-state index in [9.17, 15) is 19.5 Å². The van der Waals surface area contributed by atoms with Gasteiger partial charge in [-0.25, -0.2) is 4.79 Å². The summed E-state index contributed by atoms with van der Waals surface area (Å²) in [5.41, 5.74) is 0.00629. The van der Waals surface area contributed by atoms with Crippen molar-refractivity contribution in [1.82, 2.24) is 19.6 Å². The van der Waals surface area contributed by atoms with Gasteiger partial charge in [-0.2, -0.15) is 5.10 Å². The number of carbonyl (C=O) groups is 3. The van der Waals surface area contributed by atoms with Crippen molar-refractivity contribution in [2.24, 2.45) is 7.05 Å². The molecule has 8 heteroatoms. The Bertz CT molecular complexity index is 669. The van der Waals surface area contributed by atoms with Crippen molar-refractivity contribution in [1.29, 1.82) is 0 Å². The lowest BCUT2D eigenvalue weighted by atomic mass is 10.00. The van der Waals surface area contributed by atoms with Crippen LogP contribution in [0.5, 0.6) is 0 Å². The van der Waals surface area contributed by atoms with E-state index in [1.54, 1.807) is 11.9 Å². The van der Waals surface area contributed by atoms with E-state index in [0.717, 1.165) is 32.2 Å². The molecule has 3 rings (SSSR count). The minimum Gasteiger partial charge on any atom is -0.478 e. The van der Waals surface area contributed by atoms with Crippen LogP contribution in [0, 0.1) is 0 Å². The molecule has 2 saturated heterocycles. The van der Waals surface area contributed by atoms with Gasteiger partial charge in [0.05, 0.1) is 6.20 Å². The van der Waals surface area contributed by atoms with E-state index < -0.39 is 5.97 Å².